The molecule has 0 bridgehead atoms. The lowest BCUT2D eigenvalue weighted by Gasteiger charge is -2.27. The van der Waals surface area contributed by atoms with Crippen LogP contribution in [0.1, 0.15) is 18.4 Å². The largest absolute Gasteiger partial charge is 0.381 e. The van der Waals surface area contributed by atoms with Crippen molar-refractivity contribution in [3.05, 3.63) is 33.8 Å². The zero-order valence-electron chi connectivity index (χ0n) is 9.66. The SMILES string of the molecule is NC(Cc1ccc(Cl)cc1Cl)C1CCOCC1. The van der Waals surface area contributed by atoms with Crippen LogP contribution in [0.5, 0.6) is 0 Å². The average Bonchev–Trinajstić information content (AvgIpc) is 2.34. The van der Waals surface area contributed by atoms with E-state index in [1.807, 2.05) is 12.1 Å². The molecule has 1 saturated heterocycles. The third-order valence-corrected chi connectivity index (χ3v) is 3.93. The topological polar surface area (TPSA) is 35.2 Å². The highest BCUT2D eigenvalue weighted by Gasteiger charge is 2.21. The van der Waals surface area contributed by atoms with Crippen molar-refractivity contribution in [1.29, 1.82) is 0 Å². The molecule has 94 valence electrons. The molecule has 2 rings (SSSR count). The Hall–Kier alpha value is -0.280. The summed E-state index contributed by atoms with van der Waals surface area (Å²) in [6.45, 7) is 1.65. The molecule has 0 spiro atoms. The Kier molecular flexibility index (Phi) is 4.69. The van der Waals surface area contributed by atoms with E-state index in [2.05, 4.69) is 0 Å². The molecular formula is C13H17Cl2NO. The van der Waals surface area contributed by atoms with Crippen LogP contribution in [0, 0.1) is 5.92 Å². The zero-order valence-corrected chi connectivity index (χ0v) is 11.2. The van der Waals surface area contributed by atoms with Gasteiger partial charge in [0, 0.05) is 29.3 Å². The Morgan fingerprint density at radius 3 is 2.65 bits per heavy atom. The first-order valence-corrected chi connectivity index (χ1v) is 6.69. The number of nitrogens with two attached hydrogens (primary N) is 1. The van der Waals surface area contributed by atoms with Gasteiger partial charge in [-0.05, 0) is 42.9 Å². The van der Waals surface area contributed by atoms with Crippen LogP contribution >= 0.6 is 23.2 Å². The molecule has 17 heavy (non-hydrogen) atoms. The molecule has 1 aliphatic rings. The van der Waals surface area contributed by atoms with Gasteiger partial charge in [-0.15, -0.1) is 0 Å². The predicted octanol–water partition coefficient (Wildman–Crippen LogP) is 3.29. The lowest BCUT2D eigenvalue weighted by molar-refractivity contribution is 0.0585. The normalized spacial score (nSPS) is 19.2. The third-order valence-electron chi connectivity index (χ3n) is 3.34. The number of hydrogen-bond donors (Lipinski definition) is 1. The van der Waals surface area contributed by atoms with E-state index in [4.69, 9.17) is 33.7 Å². The lowest BCUT2D eigenvalue weighted by Crippen LogP contribution is -2.36. The second-order valence-corrected chi connectivity index (χ2v) is 5.40. The van der Waals surface area contributed by atoms with E-state index in [9.17, 15) is 0 Å². The second kappa shape index (κ2) is 6.05. The van der Waals surface area contributed by atoms with Crippen LogP contribution in [0.3, 0.4) is 0 Å². The highest BCUT2D eigenvalue weighted by Crippen LogP contribution is 2.25. The van der Waals surface area contributed by atoms with Gasteiger partial charge in [0.2, 0.25) is 0 Å². The maximum absolute atomic E-state index is 6.24. The standard InChI is InChI=1S/C13H17Cl2NO/c14-11-2-1-10(12(15)8-11)7-13(16)9-3-5-17-6-4-9/h1-2,8-9,13H,3-7,16H2. The highest BCUT2D eigenvalue weighted by atomic mass is 35.5. The van der Waals surface area contributed by atoms with Crippen LogP contribution < -0.4 is 5.73 Å². The van der Waals surface area contributed by atoms with E-state index in [0.29, 0.717) is 16.0 Å². The van der Waals surface area contributed by atoms with Crippen LogP contribution in [-0.2, 0) is 11.2 Å². The van der Waals surface area contributed by atoms with E-state index >= 15 is 0 Å². The number of benzene rings is 1. The molecule has 1 aromatic rings. The van der Waals surface area contributed by atoms with Crippen molar-refractivity contribution in [2.75, 3.05) is 13.2 Å². The summed E-state index contributed by atoms with van der Waals surface area (Å²) >= 11 is 12.0. The molecule has 0 radical (unpaired) electrons. The molecule has 2 nitrogen and oxygen atoms in total. The van der Waals surface area contributed by atoms with Crippen molar-refractivity contribution in [1.82, 2.24) is 0 Å². The van der Waals surface area contributed by atoms with Crippen LogP contribution in [0.2, 0.25) is 10.0 Å². The van der Waals surface area contributed by atoms with Gasteiger partial charge in [0.1, 0.15) is 0 Å². The summed E-state index contributed by atoms with van der Waals surface area (Å²) in [5, 5.41) is 1.37. The first-order valence-electron chi connectivity index (χ1n) is 5.94. The van der Waals surface area contributed by atoms with Gasteiger partial charge in [0.25, 0.3) is 0 Å². The molecule has 4 heteroatoms. The van der Waals surface area contributed by atoms with Gasteiger partial charge in [-0.3, -0.25) is 0 Å². The smallest absolute Gasteiger partial charge is 0.0469 e. The molecule has 0 saturated carbocycles. The second-order valence-electron chi connectivity index (χ2n) is 4.55. The Morgan fingerprint density at radius 2 is 2.00 bits per heavy atom. The molecule has 1 unspecified atom stereocenters. The molecule has 1 aromatic carbocycles. The van der Waals surface area contributed by atoms with Gasteiger partial charge < -0.3 is 10.5 Å². The molecular weight excluding hydrogens is 257 g/mol. The van der Waals surface area contributed by atoms with Crippen LogP contribution in [-0.4, -0.2) is 19.3 Å². The zero-order chi connectivity index (χ0) is 12.3. The molecule has 1 fully saturated rings. The van der Waals surface area contributed by atoms with Gasteiger partial charge in [0.15, 0.2) is 0 Å². The minimum atomic E-state index is 0.151. The number of halogens is 2. The van der Waals surface area contributed by atoms with E-state index in [-0.39, 0.29) is 6.04 Å². The Morgan fingerprint density at radius 1 is 1.29 bits per heavy atom. The first-order chi connectivity index (χ1) is 8.16. The number of rotatable bonds is 3. The van der Waals surface area contributed by atoms with Gasteiger partial charge >= 0.3 is 0 Å². The minimum absolute atomic E-state index is 0.151. The van der Waals surface area contributed by atoms with E-state index in [1.54, 1.807) is 6.07 Å². The fraction of sp³-hybridized carbons (Fsp3) is 0.538. The maximum Gasteiger partial charge on any atom is 0.0469 e. The molecule has 0 aliphatic carbocycles. The number of hydrogen-bond acceptors (Lipinski definition) is 2. The van der Waals surface area contributed by atoms with Crippen molar-refractivity contribution in [2.24, 2.45) is 11.7 Å². The molecule has 2 N–H and O–H groups in total. The lowest BCUT2D eigenvalue weighted by atomic mass is 9.88. The summed E-state index contributed by atoms with van der Waals surface area (Å²) in [5.41, 5.74) is 7.32. The molecule has 0 amide bonds. The Bertz CT molecular complexity index is 378. The van der Waals surface area contributed by atoms with Crippen molar-refractivity contribution in [3.8, 4) is 0 Å². The minimum Gasteiger partial charge on any atom is -0.381 e. The molecule has 1 heterocycles. The number of ether oxygens (including phenoxy) is 1. The summed E-state index contributed by atoms with van der Waals surface area (Å²) in [6, 6.07) is 5.75. The fourth-order valence-electron chi connectivity index (χ4n) is 2.25. The van der Waals surface area contributed by atoms with Gasteiger partial charge in [0.05, 0.1) is 0 Å². The monoisotopic (exact) mass is 273 g/mol. The van der Waals surface area contributed by atoms with E-state index < -0.39 is 0 Å². The molecule has 1 aliphatic heterocycles. The molecule has 0 aromatic heterocycles. The third kappa shape index (κ3) is 3.59. The van der Waals surface area contributed by atoms with Gasteiger partial charge in [-0.2, -0.15) is 0 Å². The fourth-order valence-corrected chi connectivity index (χ4v) is 2.74. The first kappa shape index (κ1) is 13.2. The van der Waals surface area contributed by atoms with Crippen LogP contribution in [0.25, 0.3) is 0 Å². The summed E-state index contributed by atoms with van der Waals surface area (Å²) in [6.07, 6.45) is 2.90. The van der Waals surface area contributed by atoms with Crippen molar-refractivity contribution < 1.29 is 4.74 Å². The van der Waals surface area contributed by atoms with Crippen LogP contribution in [0.4, 0.5) is 0 Å². The quantitative estimate of drug-likeness (QED) is 0.918. The summed E-state index contributed by atoms with van der Waals surface area (Å²) < 4.78 is 5.34. The van der Waals surface area contributed by atoms with Gasteiger partial charge in [-0.25, -0.2) is 0 Å². The Labute approximate surface area is 112 Å². The van der Waals surface area contributed by atoms with E-state index in [0.717, 1.165) is 38.0 Å². The van der Waals surface area contributed by atoms with E-state index in [1.165, 1.54) is 0 Å². The summed E-state index contributed by atoms with van der Waals surface area (Å²) in [7, 11) is 0. The van der Waals surface area contributed by atoms with Crippen molar-refractivity contribution in [2.45, 2.75) is 25.3 Å². The molecule has 1 atom stereocenters. The average molecular weight is 274 g/mol. The maximum atomic E-state index is 6.24. The van der Waals surface area contributed by atoms with Crippen LogP contribution in [0.15, 0.2) is 18.2 Å². The summed E-state index contributed by atoms with van der Waals surface area (Å²) in [4.78, 5) is 0. The highest BCUT2D eigenvalue weighted by molar-refractivity contribution is 6.35. The van der Waals surface area contributed by atoms with Gasteiger partial charge in [-0.1, -0.05) is 29.3 Å². The predicted molar refractivity (Wildman–Crippen MR) is 71.7 cm³/mol. The summed E-state index contributed by atoms with van der Waals surface area (Å²) in [5.74, 6) is 0.537. The Balaban J connectivity index is 1.99. The van der Waals surface area contributed by atoms with Crippen molar-refractivity contribution >= 4 is 23.2 Å². The van der Waals surface area contributed by atoms with Crippen molar-refractivity contribution in [3.63, 3.8) is 0 Å².